The maximum atomic E-state index is 14.6. The number of thioether (sulfide) groups is 1. The predicted octanol–water partition coefficient (Wildman–Crippen LogP) is 7.38. The fourth-order valence-electron chi connectivity index (χ4n) is 6.45. The smallest absolute Gasteiger partial charge is 0.250 e. The second-order valence-electron chi connectivity index (χ2n) is 11.6. The molecule has 4 aromatic carbocycles. The van der Waals surface area contributed by atoms with Gasteiger partial charge in [-0.1, -0.05) is 84.4 Å². The van der Waals surface area contributed by atoms with Gasteiger partial charge in [-0.3, -0.25) is 4.79 Å². The summed E-state index contributed by atoms with van der Waals surface area (Å²) in [6.45, 7) is 4.91. The van der Waals surface area contributed by atoms with Gasteiger partial charge in [0.2, 0.25) is 5.91 Å². The Morgan fingerprint density at radius 2 is 1.61 bits per heavy atom. The van der Waals surface area contributed by atoms with Crippen LogP contribution in [0.1, 0.15) is 48.4 Å². The fourth-order valence-corrected chi connectivity index (χ4v) is 8.69. The van der Waals surface area contributed by atoms with E-state index in [9.17, 15) is 4.79 Å². The van der Waals surface area contributed by atoms with Crippen molar-refractivity contribution in [2.75, 3.05) is 4.90 Å². The van der Waals surface area contributed by atoms with Crippen molar-refractivity contribution >= 4 is 57.5 Å². The summed E-state index contributed by atoms with van der Waals surface area (Å²) in [6, 6.07) is 35.9. The summed E-state index contributed by atoms with van der Waals surface area (Å²) in [6.07, 6.45) is 0. The first-order valence-electron chi connectivity index (χ1n) is 14.5. The lowest BCUT2D eigenvalue weighted by molar-refractivity contribution is -0.148. The van der Waals surface area contributed by atoms with E-state index in [4.69, 9.17) is 11.6 Å². The van der Waals surface area contributed by atoms with Gasteiger partial charge in [-0.05, 0) is 100.0 Å². The Kier molecular flexibility index (Phi) is 7.88. The van der Waals surface area contributed by atoms with E-state index in [1.807, 2.05) is 75.9 Å². The summed E-state index contributed by atoms with van der Waals surface area (Å²) in [4.78, 5) is 18.8. The van der Waals surface area contributed by atoms with Crippen LogP contribution in [-0.4, -0.2) is 47.2 Å². The van der Waals surface area contributed by atoms with E-state index in [1.54, 1.807) is 0 Å². The molecule has 0 aliphatic carbocycles. The number of halogens is 2. The third kappa shape index (κ3) is 5.28. The zero-order valence-electron chi connectivity index (χ0n) is 24.2. The predicted molar refractivity (Wildman–Crippen MR) is 184 cm³/mol. The highest BCUT2D eigenvalue weighted by molar-refractivity contribution is 14.1. The highest BCUT2D eigenvalue weighted by atomic mass is 127. The maximum absolute atomic E-state index is 14.6. The molecule has 3 unspecified atom stereocenters. The number of rotatable bonds is 8. The lowest BCUT2D eigenvalue weighted by Crippen LogP contribution is -2.68. The number of para-hydroxylation sites is 1. The minimum Gasteiger partial charge on any atom is -0.346 e. The van der Waals surface area contributed by atoms with Crippen molar-refractivity contribution in [3.63, 3.8) is 0 Å². The molecule has 1 aromatic heterocycles. The largest absolute Gasteiger partial charge is 0.346 e. The normalized spacial score (nSPS) is 21.0. The number of amides is 1. The van der Waals surface area contributed by atoms with Gasteiger partial charge in [0, 0.05) is 19.0 Å². The first kappa shape index (κ1) is 29.3. The zero-order chi connectivity index (χ0) is 30.4. The highest BCUT2D eigenvalue weighted by Crippen LogP contribution is 2.59. The molecule has 2 aliphatic heterocycles. The van der Waals surface area contributed by atoms with Gasteiger partial charge in [0.05, 0.1) is 12.6 Å². The average Bonchev–Trinajstić information content (AvgIpc) is 3.57. The molecule has 7 rings (SSSR count). The molecule has 2 saturated heterocycles. The molecule has 44 heavy (non-hydrogen) atoms. The van der Waals surface area contributed by atoms with Crippen LogP contribution in [0.4, 0.5) is 5.69 Å². The molecule has 1 amide bonds. The molecule has 4 atom stereocenters. The van der Waals surface area contributed by atoms with Gasteiger partial charge in [0.15, 0.2) is 5.82 Å². The summed E-state index contributed by atoms with van der Waals surface area (Å²) in [5, 5.41) is 13.5. The average molecular weight is 733 g/mol. The molecule has 0 saturated carbocycles. The monoisotopic (exact) mass is 732 g/mol. The molecule has 0 N–H and O–H groups in total. The molecule has 10 heteroatoms. The second kappa shape index (κ2) is 11.8. The lowest BCUT2D eigenvalue weighted by atomic mass is 9.90. The van der Waals surface area contributed by atoms with E-state index in [0.717, 1.165) is 22.4 Å². The third-order valence-corrected chi connectivity index (χ3v) is 10.9. The molecule has 0 spiro atoms. The number of nitrogens with zero attached hydrogens (tertiary/aromatic N) is 6. The van der Waals surface area contributed by atoms with Crippen molar-refractivity contribution in [3.05, 3.63) is 140 Å². The van der Waals surface area contributed by atoms with Crippen LogP contribution in [0.5, 0.6) is 0 Å². The Balaban J connectivity index is 1.29. The second-order valence-corrected chi connectivity index (χ2v) is 15.1. The van der Waals surface area contributed by atoms with Crippen molar-refractivity contribution in [2.45, 2.75) is 48.6 Å². The van der Waals surface area contributed by atoms with E-state index >= 15 is 0 Å². The topological polar surface area (TPSA) is 67.2 Å². The molecule has 5 aromatic rings. The molecule has 0 radical (unpaired) electrons. The van der Waals surface area contributed by atoms with Crippen LogP contribution in [0.15, 0.2) is 109 Å². The lowest BCUT2D eigenvalue weighted by Gasteiger charge is -2.52. The van der Waals surface area contributed by atoms with Crippen LogP contribution in [0, 0.1) is 3.57 Å². The summed E-state index contributed by atoms with van der Waals surface area (Å²) in [5.41, 5.74) is 4.20. The zero-order valence-corrected chi connectivity index (χ0v) is 27.9. The molecule has 2 fully saturated rings. The van der Waals surface area contributed by atoms with Crippen LogP contribution in [0.3, 0.4) is 0 Å². The van der Waals surface area contributed by atoms with Gasteiger partial charge >= 0.3 is 0 Å². The Labute approximate surface area is 279 Å². The molecule has 3 heterocycles. The number of β-lactam (4-membered cyclic amide) rings is 1. The summed E-state index contributed by atoms with van der Waals surface area (Å²) >= 11 is 10.7. The van der Waals surface area contributed by atoms with Crippen molar-refractivity contribution in [1.29, 1.82) is 0 Å². The van der Waals surface area contributed by atoms with Crippen LogP contribution in [0.2, 0.25) is 5.02 Å². The number of fused-ring (bicyclic) bond motifs is 1. The summed E-state index contributed by atoms with van der Waals surface area (Å²) in [7, 11) is 0. The molecule has 222 valence electrons. The highest BCUT2D eigenvalue weighted by Gasteiger charge is 2.65. The number of anilines is 1. The number of tetrazole rings is 1. The van der Waals surface area contributed by atoms with Gasteiger partial charge in [-0.25, -0.2) is 4.68 Å². The standard InChI is InChI=1S/C34H30ClIN6OS/c1-34(2)30(31-37-38-39-40(31)21-22-16-18-26(36)19-17-22)42-32(43)29(33(42)44-34)41(27-14-7-4-8-15-27)28(23-10-5-3-6-11-23)24-12-9-13-25(35)20-24/h3-20,28-30,33H,21H2,1-2H3/t28?,29?,30?,33-/m1/s1. The van der Waals surface area contributed by atoms with E-state index < -0.39 is 6.04 Å². The molecular formula is C34H30ClIN6OS. The molecular weight excluding hydrogens is 703 g/mol. The SMILES string of the molecule is CC1(C)S[C@@H]2C(N(c3ccccc3)C(c3ccccc3)c3cccc(Cl)c3)C(=O)N2C1c1nnnn1Cc1ccc(I)cc1. The van der Waals surface area contributed by atoms with Crippen LogP contribution in [-0.2, 0) is 11.3 Å². The van der Waals surface area contributed by atoms with E-state index in [-0.39, 0.29) is 28.1 Å². The number of hydrogen-bond donors (Lipinski definition) is 0. The number of hydrogen-bond acceptors (Lipinski definition) is 6. The quantitative estimate of drug-likeness (QED) is 0.123. The van der Waals surface area contributed by atoms with Gasteiger partial charge in [-0.15, -0.1) is 16.9 Å². The molecule has 7 nitrogen and oxygen atoms in total. The van der Waals surface area contributed by atoms with E-state index in [1.165, 1.54) is 3.57 Å². The van der Waals surface area contributed by atoms with Crippen LogP contribution < -0.4 is 4.90 Å². The minimum absolute atomic E-state index is 0.0636. The van der Waals surface area contributed by atoms with Crippen molar-refractivity contribution in [1.82, 2.24) is 25.1 Å². The Hall–Kier alpha value is -3.41. The van der Waals surface area contributed by atoms with Gasteiger partial charge in [-0.2, -0.15) is 0 Å². The van der Waals surface area contributed by atoms with E-state index in [2.05, 4.69) is 111 Å². The number of carbonyl (C=O) groups excluding carboxylic acids is 1. The molecule has 0 bridgehead atoms. The first-order chi connectivity index (χ1) is 21.3. The molecule has 2 aliphatic rings. The van der Waals surface area contributed by atoms with E-state index in [0.29, 0.717) is 17.4 Å². The maximum Gasteiger partial charge on any atom is 0.250 e. The van der Waals surface area contributed by atoms with Gasteiger partial charge in [0.1, 0.15) is 17.5 Å². The number of aromatic nitrogens is 4. The van der Waals surface area contributed by atoms with Crippen LogP contribution >= 0.6 is 46.0 Å². The summed E-state index contributed by atoms with van der Waals surface area (Å²) in [5.74, 6) is 0.768. The van der Waals surface area contributed by atoms with Gasteiger partial charge < -0.3 is 9.80 Å². The van der Waals surface area contributed by atoms with Crippen molar-refractivity contribution in [3.8, 4) is 0 Å². The van der Waals surface area contributed by atoms with Gasteiger partial charge in [0.25, 0.3) is 0 Å². The minimum atomic E-state index is -0.406. The van der Waals surface area contributed by atoms with Crippen molar-refractivity contribution < 1.29 is 4.79 Å². The Bertz CT molecular complexity index is 1780. The Morgan fingerprint density at radius 1 is 0.932 bits per heavy atom. The third-order valence-electron chi connectivity index (χ3n) is 8.37. The first-order valence-corrected chi connectivity index (χ1v) is 16.8. The fraction of sp³-hybridized carbons (Fsp3) is 0.235. The summed E-state index contributed by atoms with van der Waals surface area (Å²) < 4.78 is 2.69. The number of benzene rings is 4. The Morgan fingerprint density at radius 3 is 2.32 bits per heavy atom. The van der Waals surface area contributed by atoms with Crippen molar-refractivity contribution in [2.24, 2.45) is 0 Å². The number of carbonyl (C=O) groups is 1. The van der Waals surface area contributed by atoms with Crippen LogP contribution in [0.25, 0.3) is 0 Å².